The molecule has 3 heteroatoms. The Kier molecular flexibility index (Phi) is 4.01. The fraction of sp³-hybridized carbons (Fsp3) is 0.545. The van der Waals surface area contributed by atoms with Gasteiger partial charge in [-0.1, -0.05) is 13.8 Å². The Morgan fingerprint density at radius 1 is 1.43 bits per heavy atom. The summed E-state index contributed by atoms with van der Waals surface area (Å²) < 4.78 is 12.5. The highest BCUT2D eigenvalue weighted by Crippen LogP contribution is 2.09. The molecule has 1 heterocycles. The Bertz CT molecular complexity index is 271. The van der Waals surface area contributed by atoms with E-state index in [1.165, 1.54) is 12.3 Å². The number of hydrogen-bond donors (Lipinski definition) is 1. The molecule has 0 aliphatic heterocycles. The predicted octanol–water partition coefficient (Wildman–Crippen LogP) is 2.17. The number of rotatable bonds is 4. The molecule has 0 saturated carbocycles. The molecular weight excluding hydrogens is 181 g/mol. The van der Waals surface area contributed by atoms with Crippen molar-refractivity contribution in [2.24, 2.45) is 5.92 Å². The Hall–Kier alpha value is -0.960. The summed E-state index contributed by atoms with van der Waals surface area (Å²) in [4.78, 5) is 3.89. The highest BCUT2D eigenvalue weighted by molar-refractivity contribution is 5.06. The summed E-state index contributed by atoms with van der Waals surface area (Å²) >= 11 is 0. The number of aliphatic hydroxyl groups excluding tert-OH is 1. The third-order valence-electron chi connectivity index (χ3n) is 1.98. The predicted molar refractivity (Wildman–Crippen MR) is 53.4 cm³/mol. The van der Waals surface area contributed by atoms with Gasteiger partial charge < -0.3 is 5.11 Å². The van der Waals surface area contributed by atoms with Crippen LogP contribution >= 0.6 is 0 Å². The van der Waals surface area contributed by atoms with Crippen molar-refractivity contribution in [2.75, 3.05) is 0 Å². The number of halogens is 1. The number of aromatic nitrogens is 1. The van der Waals surface area contributed by atoms with E-state index in [0.29, 0.717) is 12.3 Å². The summed E-state index contributed by atoms with van der Waals surface area (Å²) in [5.74, 6) is 0.123. The zero-order valence-corrected chi connectivity index (χ0v) is 8.57. The molecule has 0 fully saturated rings. The second-order valence-electron chi connectivity index (χ2n) is 3.96. The first-order valence-corrected chi connectivity index (χ1v) is 4.86. The van der Waals surface area contributed by atoms with Crippen LogP contribution in [0.2, 0.25) is 0 Å². The molecule has 0 aliphatic carbocycles. The van der Waals surface area contributed by atoms with E-state index in [0.717, 1.165) is 12.1 Å². The maximum absolute atomic E-state index is 12.5. The topological polar surface area (TPSA) is 33.1 Å². The first kappa shape index (κ1) is 11.1. The normalized spacial score (nSPS) is 13.2. The first-order chi connectivity index (χ1) is 6.58. The minimum atomic E-state index is -0.382. The van der Waals surface area contributed by atoms with E-state index in [4.69, 9.17) is 0 Å². The van der Waals surface area contributed by atoms with Crippen molar-refractivity contribution in [1.29, 1.82) is 0 Å². The molecule has 0 spiro atoms. The average Bonchev–Trinajstić information content (AvgIpc) is 2.07. The van der Waals surface area contributed by atoms with E-state index >= 15 is 0 Å². The largest absolute Gasteiger partial charge is 0.393 e. The number of nitrogens with zero attached hydrogens (tertiary/aromatic N) is 1. The minimum Gasteiger partial charge on any atom is -0.393 e. The van der Waals surface area contributed by atoms with E-state index in [1.807, 2.05) is 0 Å². The van der Waals surface area contributed by atoms with Crippen LogP contribution in [-0.2, 0) is 6.42 Å². The van der Waals surface area contributed by atoms with Gasteiger partial charge in [0.1, 0.15) is 5.82 Å². The van der Waals surface area contributed by atoms with Crippen LogP contribution in [-0.4, -0.2) is 16.2 Å². The van der Waals surface area contributed by atoms with Crippen molar-refractivity contribution in [3.63, 3.8) is 0 Å². The molecule has 0 amide bonds. The Morgan fingerprint density at radius 3 is 2.64 bits per heavy atom. The highest BCUT2D eigenvalue weighted by Gasteiger charge is 2.08. The fourth-order valence-corrected chi connectivity index (χ4v) is 1.40. The smallest absolute Gasteiger partial charge is 0.141 e. The SMILES string of the molecule is CC(C)CC(O)Cc1ccc(F)cn1. The van der Waals surface area contributed by atoms with E-state index in [2.05, 4.69) is 18.8 Å². The summed E-state index contributed by atoms with van der Waals surface area (Å²) in [6, 6.07) is 2.98. The lowest BCUT2D eigenvalue weighted by Crippen LogP contribution is -2.14. The lowest BCUT2D eigenvalue weighted by Gasteiger charge is -2.11. The monoisotopic (exact) mass is 197 g/mol. The molecule has 1 rings (SSSR count). The van der Waals surface area contributed by atoms with Crippen molar-refractivity contribution >= 4 is 0 Å². The molecule has 2 nitrogen and oxygen atoms in total. The maximum Gasteiger partial charge on any atom is 0.141 e. The van der Waals surface area contributed by atoms with Crippen molar-refractivity contribution < 1.29 is 9.50 Å². The molecule has 1 unspecified atom stereocenters. The zero-order valence-electron chi connectivity index (χ0n) is 8.57. The van der Waals surface area contributed by atoms with Crippen LogP contribution in [0, 0.1) is 11.7 Å². The quantitative estimate of drug-likeness (QED) is 0.802. The molecule has 78 valence electrons. The third kappa shape index (κ3) is 3.83. The van der Waals surface area contributed by atoms with E-state index < -0.39 is 0 Å². The molecule has 1 N–H and O–H groups in total. The second-order valence-corrected chi connectivity index (χ2v) is 3.96. The Morgan fingerprint density at radius 2 is 2.14 bits per heavy atom. The van der Waals surface area contributed by atoms with Crippen LogP contribution in [0.3, 0.4) is 0 Å². The van der Waals surface area contributed by atoms with E-state index in [1.54, 1.807) is 6.07 Å². The summed E-state index contributed by atoms with van der Waals surface area (Å²) in [7, 11) is 0. The van der Waals surface area contributed by atoms with Crippen LogP contribution in [0.4, 0.5) is 4.39 Å². The third-order valence-corrected chi connectivity index (χ3v) is 1.98. The van der Waals surface area contributed by atoms with Gasteiger partial charge in [0.2, 0.25) is 0 Å². The molecule has 14 heavy (non-hydrogen) atoms. The van der Waals surface area contributed by atoms with Crippen molar-refractivity contribution in [2.45, 2.75) is 32.8 Å². The molecule has 1 aromatic heterocycles. The van der Waals surface area contributed by atoms with Gasteiger partial charge in [0.25, 0.3) is 0 Å². The fourth-order valence-electron chi connectivity index (χ4n) is 1.40. The van der Waals surface area contributed by atoms with E-state index in [-0.39, 0.29) is 11.9 Å². The number of aliphatic hydroxyl groups is 1. The lowest BCUT2D eigenvalue weighted by atomic mass is 10.0. The number of hydrogen-bond acceptors (Lipinski definition) is 2. The second kappa shape index (κ2) is 5.05. The van der Waals surface area contributed by atoms with Gasteiger partial charge in [-0.2, -0.15) is 0 Å². The van der Waals surface area contributed by atoms with Gasteiger partial charge in [0, 0.05) is 12.1 Å². The molecule has 0 aromatic carbocycles. The Balaban J connectivity index is 2.47. The molecule has 0 bridgehead atoms. The average molecular weight is 197 g/mol. The standard InChI is InChI=1S/C11H16FNO/c1-8(2)5-11(14)6-10-4-3-9(12)7-13-10/h3-4,7-8,11,14H,5-6H2,1-2H3. The van der Waals surface area contributed by atoms with Gasteiger partial charge in [0.05, 0.1) is 12.3 Å². The molecule has 0 aliphatic rings. The van der Waals surface area contributed by atoms with Crippen LogP contribution in [0.25, 0.3) is 0 Å². The number of pyridine rings is 1. The maximum atomic E-state index is 12.5. The van der Waals surface area contributed by atoms with Gasteiger partial charge in [0.15, 0.2) is 0 Å². The van der Waals surface area contributed by atoms with Gasteiger partial charge in [-0.05, 0) is 24.5 Å². The summed E-state index contributed by atoms with van der Waals surface area (Å²) in [5, 5.41) is 9.61. The molecule has 1 atom stereocenters. The van der Waals surface area contributed by atoms with E-state index in [9.17, 15) is 9.50 Å². The lowest BCUT2D eigenvalue weighted by molar-refractivity contribution is 0.148. The van der Waals surface area contributed by atoms with Gasteiger partial charge in [-0.3, -0.25) is 4.98 Å². The highest BCUT2D eigenvalue weighted by atomic mass is 19.1. The summed E-state index contributed by atoms with van der Waals surface area (Å²) in [6.07, 6.45) is 2.04. The van der Waals surface area contributed by atoms with Crippen molar-refractivity contribution in [1.82, 2.24) is 4.98 Å². The zero-order chi connectivity index (χ0) is 10.6. The molecular formula is C11H16FNO. The van der Waals surface area contributed by atoms with Crippen molar-refractivity contribution in [3.05, 3.63) is 29.8 Å². The van der Waals surface area contributed by atoms with Gasteiger partial charge in [-0.15, -0.1) is 0 Å². The molecule has 0 saturated heterocycles. The molecule has 0 radical (unpaired) electrons. The van der Waals surface area contributed by atoms with Crippen LogP contribution < -0.4 is 0 Å². The van der Waals surface area contributed by atoms with Crippen LogP contribution in [0.5, 0.6) is 0 Å². The first-order valence-electron chi connectivity index (χ1n) is 4.86. The van der Waals surface area contributed by atoms with Crippen molar-refractivity contribution in [3.8, 4) is 0 Å². The van der Waals surface area contributed by atoms with Gasteiger partial charge in [-0.25, -0.2) is 4.39 Å². The van der Waals surface area contributed by atoms with Gasteiger partial charge >= 0.3 is 0 Å². The molecule has 1 aromatic rings. The Labute approximate surface area is 83.8 Å². The van der Waals surface area contributed by atoms with Crippen LogP contribution in [0.1, 0.15) is 26.0 Å². The summed E-state index contributed by atoms with van der Waals surface area (Å²) in [6.45, 7) is 4.11. The minimum absolute atomic E-state index is 0.341. The summed E-state index contributed by atoms with van der Waals surface area (Å²) in [5.41, 5.74) is 0.736. The van der Waals surface area contributed by atoms with Crippen LogP contribution in [0.15, 0.2) is 18.3 Å².